The fraction of sp³-hybridized carbons (Fsp3) is 0.286. The molecule has 3 aromatic rings. The number of rotatable bonds is 5. The van der Waals surface area contributed by atoms with Crippen LogP contribution < -0.4 is 4.90 Å². The molecular formula is C21H22BrClN4O2S. The van der Waals surface area contributed by atoms with Crippen molar-refractivity contribution in [2.24, 2.45) is 0 Å². The molecule has 1 aliphatic rings. The van der Waals surface area contributed by atoms with Gasteiger partial charge in [-0.2, -0.15) is 4.31 Å². The first-order valence-electron chi connectivity index (χ1n) is 9.52. The number of H-pyrrole nitrogens is 1. The second kappa shape index (κ2) is 8.70. The zero-order valence-electron chi connectivity index (χ0n) is 16.4. The zero-order chi connectivity index (χ0) is 21.3. The number of imidazole rings is 1. The fourth-order valence-corrected chi connectivity index (χ4v) is 5.61. The first-order chi connectivity index (χ1) is 14.3. The van der Waals surface area contributed by atoms with E-state index in [1.807, 2.05) is 42.5 Å². The van der Waals surface area contributed by atoms with Crippen LogP contribution in [0.1, 0.15) is 16.8 Å². The van der Waals surface area contributed by atoms with Crippen LogP contribution in [0, 0.1) is 0 Å². The van der Waals surface area contributed by atoms with Gasteiger partial charge >= 0.3 is 0 Å². The number of fused-ring (bicyclic) bond motifs is 1. The Bertz CT molecular complexity index is 1140. The number of halogens is 2. The van der Waals surface area contributed by atoms with Crippen molar-refractivity contribution in [2.45, 2.75) is 25.6 Å². The smallest absolute Gasteiger partial charge is 0.211 e. The fourth-order valence-electron chi connectivity index (χ4n) is 3.93. The topological polar surface area (TPSA) is 69.3 Å². The Hall–Kier alpha value is -1.87. The maximum atomic E-state index is 12.8. The van der Waals surface area contributed by atoms with Gasteiger partial charge in [-0.05, 0) is 41.8 Å². The Balaban J connectivity index is 1.77. The monoisotopic (exact) mass is 508 g/mol. The Kier molecular flexibility index (Phi) is 6.20. The van der Waals surface area contributed by atoms with Crippen molar-refractivity contribution in [3.8, 4) is 0 Å². The van der Waals surface area contributed by atoms with Crippen molar-refractivity contribution in [3.63, 3.8) is 0 Å². The molecule has 1 atom stereocenters. The van der Waals surface area contributed by atoms with Gasteiger partial charge in [-0.1, -0.05) is 45.7 Å². The van der Waals surface area contributed by atoms with E-state index in [2.05, 4.69) is 30.8 Å². The highest BCUT2D eigenvalue weighted by Gasteiger charge is 2.34. The van der Waals surface area contributed by atoms with Gasteiger partial charge in [0.15, 0.2) is 0 Å². The molecule has 9 heteroatoms. The lowest BCUT2D eigenvalue weighted by Gasteiger charge is -2.31. The number of hydrogen-bond donors (Lipinski definition) is 1. The SMILES string of the molecule is CS(=O)(=O)N1Cc2cc(Br)ccc2N(Cc2cnc[nH]2)C[C@@H]1Cc1ccccc1Cl. The average molecular weight is 510 g/mol. The second-order valence-electron chi connectivity index (χ2n) is 7.49. The van der Waals surface area contributed by atoms with Crippen molar-refractivity contribution in [3.05, 3.63) is 81.3 Å². The van der Waals surface area contributed by atoms with E-state index in [-0.39, 0.29) is 6.04 Å². The van der Waals surface area contributed by atoms with Crippen LogP contribution in [0.5, 0.6) is 0 Å². The lowest BCUT2D eigenvalue weighted by molar-refractivity contribution is 0.320. The van der Waals surface area contributed by atoms with Gasteiger partial charge in [0.2, 0.25) is 10.0 Å². The molecule has 0 saturated heterocycles. The van der Waals surface area contributed by atoms with E-state index in [0.29, 0.717) is 31.1 Å². The summed E-state index contributed by atoms with van der Waals surface area (Å²) in [5, 5.41) is 0.649. The molecule has 0 amide bonds. The second-order valence-corrected chi connectivity index (χ2v) is 10.7. The van der Waals surface area contributed by atoms with Crippen molar-refractivity contribution in [1.29, 1.82) is 0 Å². The number of aromatic nitrogens is 2. The number of nitrogens with zero attached hydrogens (tertiary/aromatic N) is 3. The summed E-state index contributed by atoms with van der Waals surface area (Å²) in [4.78, 5) is 9.48. The van der Waals surface area contributed by atoms with Crippen LogP contribution in [0.2, 0.25) is 5.02 Å². The van der Waals surface area contributed by atoms with Crippen LogP contribution in [0.3, 0.4) is 0 Å². The molecule has 0 unspecified atom stereocenters. The van der Waals surface area contributed by atoms with Crippen LogP contribution in [0.25, 0.3) is 0 Å². The third-order valence-corrected chi connectivity index (χ3v) is 7.44. The molecule has 2 aromatic carbocycles. The van der Waals surface area contributed by atoms with Crippen LogP contribution in [-0.4, -0.2) is 41.5 Å². The Morgan fingerprint density at radius 2 is 2.07 bits per heavy atom. The maximum absolute atomic E-state index is 12.8. The summed E-state index contributed by atoms with van der Waals surface area (Å²) in [6.07, 6.45) is 5.25. The van der Waals surface area contributed by atoms with E-state index >= 15 is 0 Å². The molecule has 0 aliphatic carbocycles. The van der Waals surface area contributed by atoms with Gasteiger partial charge in [-0.25, -0.2) is 13.4 Å². The van der Waals surface area contributed by atoms with Crippen molar-refractivity contribution >= 4 is 43.2 Å². The number of sulfonamides is 1. The number of hydrogen-bond acceptors (Lipinski definition) is 4. The molecule has 4 rings (SSSR count). The lowest BCUT2D eigenvalue weighted by Crippen LogP contribution is -2.45. The van der Waals surface area contributed by atoms with E-state index < -0.39 is 10.0 Å². The van der Waals surface area contributed by atoms with Gasteiger partial charge in [0.1, 0.15) is 0 Å². The van der Waals surface area contributed by atoms with E-state index in [1.54, 1.807) is 16.8 Å². The van der Waals surface area contributed by atoms with Crippen molar-refractivity contribution in [1.82, 2.24) is 14.3 Å². The Labute approximate surface area is 190 Å². The molecule has 1 aromatic heterocycles. The van der Waals surface area contributed by atoms with Gasteiger partial charge in [0, 0.05) is 40.5 Å². The Morgan fingerprint density at radius 1 is 1.27 bits per heavy atom. The minimum absolute atomic E-state index is 0.269. The molecule has 6 nitrogen and oxygen atoms in total. The maximum Gasteiger partial charge on any atom is 0.211 e. The minimum atomic E-state index is -3.44. The molecule has 1 N–H and O–H groups in total. The molecule has 0 radical (unpaired) electrons. The molecule has 0 bridgehead atoms. The predicted octanol–water partition coefficient (Wildman–Crippen LogP) is 4.22. The summed E-state index contributed by atoms with van der Waals surface area (Å²) in [6, 6.07) is 13.3. The van der Waals surface area contributed by atoms with Crippen LogP contribution in [-0.2, 0) is 29.5 Å². The number of nitrogens with one attached hydrogen (secondary N) is 1. The minimum Gasteiger partial charge on any atom is -0.364 e. The largest absolute Gasteiger partial charge is 0.364 e. The van der Waals surface area contributed by atoms with Gasteiger partial charge in [-0.15, -0.1) is 0 Å². The molecule has 0 saturated carbocycles. The highest BCUT2D eigenvalue weighted by molar-refractivity contribution is 9.10. The lowest BCUT2D eigenvalue weighted by atomic mass is 10.1. The highest BCUT2D eigenvalue weighted by atomic mass is 79.9. The van der Waals surface area contributed by atoms with Crippen molar-refractivity contribution in [2.75, 3.05) is 17.7 Å². The highest BCUT2D eigenvalue weighted by Crippen LogP contribution is 2.33. The molecule has 0 spiro atoms. The van der Waals surface area contributed by atoms with Gasteiger partial charge in [0.05, 0.1) is 24.8 Å². The molecule has 0 fully saturated rings. The van der Waals surface area contributed by atoms with Crippen LogP contribution in [0.4, 0.5) is 5.69 Å². The summed E-state index contributed by atoms with van der Waals surface area (Å²) in [6.45, 7) is 1.44. The molecule has 1 aliphatic heterocycles. The first kappa shape index (κ1) is 21.4. The average Bonchev–Trinajstić information content (AvgIpc) is 3.13. The Morgan fingerprint density at radius 3 is 2.77 bits per heavy atom. The summed E-state index contributed by atoms with van der Waals surface area (Å²) in [5.74, 6) is 0. The molecular weight excluding hydrogens is 488 g/mol. The summed E-state index contributed by atoms with van der Waals surface area (Å²) in [7, 11) is -3.44. The molecule has 2 heterocycles. The summed E-state index contributed by atoms with van der Waals surface area (Å²) in [5.41, 5.74) is 3.87. The number of aromatic amines is 1. The normalized spacial score (nSPS) is 17.6. The van der Waals surface area contributed by atoms with E-state index in [4.69, 9.17) is 11.6 Å². The summed E-state index contributed by atoms with van der Waals surface area (Å²) < 4.78 is 28.1. The van der Waals surface area contributed by atoms with Crippen molar-refractivity contribution < 1.29 is 8.42 Å². The van der Waals surface area contributed by atoms with E-state index in [9.17, 15) is 8.42 Å². The van der Waals surface area contributed by atoms with Crippen LogP contribution in [0.15, 0.2) is 59.5 Å². The van der Waals surface area contributed by atoms with Gasteiger partial charge in [-0.3, -0.25) is 0 Å². The molecule has 158 valence electrons. The number of anilines is 1. The quantitative estimate of drug-likeness (QED) is 0.559. The zero-order valence-corrected chi connectivity index (χ0v) is 19.6. The van der Waals surface area contributed by atoms with Gasteiger partial charge in [0.25, 0.3) is 0 Å². The standard InChI is InChI=1S/C21H22BrClN4O2S/c1-30(28,29)27-11-16-8-17(22)6-7-21(16)26(12-18-10-24-14-25-18)13-19(27)9-15-4-2-3-5-20(15)23/h2-8,10,14,19H,9,11-13H2,1H3,(H,24,25)/t19-/m0/s1. The van der Waals surface area contributed by atoms with E-state index in [0.717, 1.165) is 27.0 Å². The third-order valence-electron chi connectivity index (χ3n) is 5.30. The molecule has 30 heavy (non-hydrogen) atoms. The summed E-state index contributed by atoms with van der Waals surface area (Å²) >= 11 is 9.93. The first-order valence-corrected chi connectivity index (χ1v) is 12.5. The number of benzene rings is 2. The van der Waals surface area contributed by atoms with E-state index in [1.165, 1.54) is 6.26 Å². The third kappa shape index (κ3) is 4.72. The van der Waals surface area contributed by atoms with Crippen LogP contribution >= 0.6 is 27.5 Å². The van der Waals surface area contributed by atoms with Gasteiger partial charge < -0.3 is 9.88 Å². The predicted molar refractivity (Wildman–Crippen MR) is 123 cm³/mol.